The van der Waals surface area contributed by atoms with Gasteiger partial charge in [-0.25, -0.2) is 21.6 Å². The van der Waals surface area contributed by atoms with Gasteiger partial charge in [0, 0.05) is 11.4 Å². The van der Waals surface area contributed by atoms with Crippen LogP contribution >= 0.6 is 0 Å². The van der Waals surface area contributed by atoms with Crippen LogP contribution in [-0.4, -0.2) is 34.4 Å². The number of para-hydroxylation sites is 1. The molecule has 0 spiro atoms. The maximum atomic E-state index is 12.5. The second kappa shape index (κ2) is 5.11. The number of furan rings is 1. The first-order valence-corrected chi connectivity index (χ1v) is 9.87. The van der Waals surface area contributed by atoms with E-state index in [1.807, 2.05) is 0 Å². The van der Waals surface area contributed by atoms with Gasteiger partial charge in [0.1, 0.15) is 4.90 Å². The van der Waals surface area contributed by atoms with Crippen molar-refractivity contribution in [1.82, 2.24) is 4.72 Å². The van der Waals surface area contributed by atoms with Crippen LogP contribution in [0.3, 0.4) is 0 Å². The van der Waals surface area contributed by atoms with Gasteiger partial charge in [-0.1, -0.05) is 12.1 Å². The van der Waals surface area contributed by atoms with E-state index in [1.54, 1.807) is 18.2 Å². The van der Waals surface area contributed by atoms with Gasteiger partial charge in [-0.3, -0.25) is 0 Å². The lowest BCUT2D eigenvalue weighted by Gasteiger charge is -2.22. The van der Waals surface area contributed by atoms with E-state index < -0.39 is 25.9 Å². The third-order valence-corrected chi connectivity index (χ3v) is 6.88. The van der Waals surface area contributed by atoms with Crippen LogP contribution in [0.1, 0.15) is 12.8 Å². The fraction of sp³-hybridized carbons (Fsp3) is 0.385. The van der Waals surface area contributed by atoms with Crippen LogP contribution < -0.4 is 4.72 Å². The van der Waals surface area contributed by atoms with Gasteiger partial charge in [-0.15, -0.1) is 0 Å². The SMILES string of the molecule is O=S1(=O)CCC[C@H](NS(=O)(=O)c2cccc3ccoc23)C1. The monoisotopic (exact) mass is 329 g/mol. The number of rotatable bonds is 3. The number of hydrogen-bond acceptors (Lipinski definition) is 5. The molecule has 0 unspecified atom stereocenters. The standard InChI is InChI=1S/C13H15NO5S2/c15-20(16)8-2-4-11(9-20)14-21(17,18)12-5-1-3-10-6-7-19-13(10)12/h1,3,5-7,11,14H,2,4,8-9H2/t11-/m0/s1. The quantitative estimate of drug-likeness (QED) is 0.916. The molecule has 1 aromatic carbocycles. The number of sulfone groups is 1. The van der Waals surface area contributed by atoms with Crippen LogP contribution in [-0.2, 0) is 19.9 Å². The smallest absolute Gasteiger partial charge is 0.244 e. The molecular formula is C13H15NO5S2. The summed E-state index contributed by atoms with van der Waals surface area (Å²) in [5, 5.41) is 0.689. The summed E-state index contributed by atoms with van der Waals surface area (Å²) in [6.45, 7) is 0. The Morgan fingerprint density at radius 1 is 1.24 bits per heavy atom. The molecule has 1 aromatic heterocycles. The van der Waals surface area contributed by atoms with Gasteiger partial charge in [0.25, 0.3) is 0 Å². The predicted octanol–water partition coefficient (Wildman–Crippen LogP) is 1.29. The molecule has 6 nitrogen and oxygen atoms in total. The molecule has 1 saturated heterocycles. The summed E-state index contributed by atoms with van der Waals surface area (Å²) in [6.07, 6.45) is 2.42. The van der Waals surface area contributed by atoms with Gasteiger partial charge in [0.15, 0.2) is 15.4 Å². The maximum Gasteiger partial charge on any atom is 0.244 e. The molecule has 1 aliphatic heterocycles. The van der Waals surface area contributed by atoms with Crippen molar-refractivity contribution in [3.05, 3.63) is 30.5 Å². The van der Waals surface area contributed by atoms with Crippen LogP contribution in [0.2, 0.25) is 0 Å². The molecule has 1 fully saturated rings. The molecule has 0 bridgehead atoms. The van der Waals surface area contributed by atoms with Crippen molar-refractivity contribution >= 4 is 30.8 Å². The minimum absolute atomic E-state index is 0.0352. The zero-order chi connectivity index (χ0) is 15.1. The summed E-state index contributed by atoms with van der Waals surface area (Å²) in [5.41, 5.74) is 0.281. The molecule has 21 heavy (non-hydrogen) atoms. The summed E-state index contributed by atoms with van der Waals surface area (Å²) >= 11 is 0. The zero-order valence-corrected chi connectivity index (χ0v) is 12.8. The van der Waals surface area contributed by atoms with Gasteiger partial charge in [-0.05, 0) is 25.0 Å². The van der Waals surface area contributed by atoms with Gasteiger partial charge < -0.3 is 4.42 Å². The number of fused-ring (bicyclic) bond motifs is 1. The Hall–Kier alpha value is -1.38. The number of nitrogens with one attached hydrogen (secondary N) is 1. The minimum Gasteiger partial charge on any atom is -0.463 e. The van der Waals surface area contributed by atoms with Crippen LogP contribution in [0.25, 0.3) is 11.0 Å². The average Bonchev–Trinajstić information content (AvgIpc) is 2.84. The van der Waals surface area contributed by atoms with Gasteiger partial charge in [0.05, 0.1) is 17.8 Å². The lowest BCUT2D eigenvalue weighted by molar-refractivity contribution is 0.516. The molecular weight excluding hydrogens is 314 g/mol. The largest absolute Gasteiger partial charge is 0.463 e. The molecule has 3 rings (SSSR count). The molecule has 1 aliphatic rings. The van der Waals surface area contributed by atoms with Crippen LogP contribution in [0.5, 0.6) is 0 Å². The van der Waals surface area contributed by atoms with Gasteiger partial charge in [-0.2, -0.15) is 0 Å². The van der Waals surface area contributed by atoms with Gasteiger partial charge >= 0.3 is 0 Å². The van der Waals surface area contributed by atoms with Crippen LogP contribution in [0.15, 0.2) is 39.8 Å². The maximum absolute atomic E-state index is 12.5. The third kappa shape index (κ3) is 2.97. The van der Waals surface area contributed by atoms with E-state index in [1.165, 1.54) is 12.3 Å². The Balaban J connectivity index is 1.92. The number of hydrogen-bond donors (Lipinski definition) is 1. The van der Waals surface area contributed by atoms with Crippen molar-refractivity contribution in [1.29, 1.82) is 0 Å². The summed E-state index contributed by atoms with van der Waals surface area (Å²) in [4.78, 5) is 0.0352. The molecule has 2 aromatic rings. The summed E-state index contributed by atoms with van der Waals surface area (Å²) in [5.74, 6) is -0.0284. The van der Waals surface area contributed by atoms with Crippen molar-refractivity contribution < 1.29 is 21.3 Å². The predicted molar refractivity (Wildman–Crippen MR) is 78.2 cm³/mol. The molecule has 1 atom stereocenters. The molecule has 0 aliphatic carbocycles. The van der Waals surface area contributed by atoms with Crippen LogP contribution in [0.4, 0.5) is 0 Å². The topological polar surface area (TPSA) is 93.5 Å². The summed E-state index contributed by atoms with van der Waals surface area (Å²) < 4.78 is 55.8. The Morgan fingerprint density at radius 2 is 2.05 bits per heavy atom. The molecule has 1 N–H and O–H groups in total. The average molecular weight is 329 g/mol. The first-order chi connectivity index (χ1) is 9.87. The minimum atomic E-state index is -3.81. The van der Waals surface area contributed by atoms with E-state index in [9.17, 15) is 16.8 Å². The highest BCUT2D eigenvalue weighted by molar-refractivity contribution is 7.91. The highest BCUT2D eigenvalue weighted by Crippen LogP contribution is 2.24. The Labute approximate surface area is 123 Å². The van der Waals surface area contributed by atoms with Crippen LogP contribution in [0, 0.1) is 0 Å². The van der Waals surface area contributed by atoms with Crippen molar-refractivity contribution in [3.8, 4) is 0 Å². The van der Waals surface area contributed by atoms with Crippen molar-refractivity contribution in [3.63, 3.8) is 0 Å². The Bertz CT molecular complexity index is 867. The van der Waals surface area contributed by atoms with E-state index in [0.717, 1.165) is 0 Å². The summed E-state index contributed by atoms with van der Waals surface area (Å²) in [6, 6.07) is 5.93. The second-order valence-electron chi connectivity index (χ2n) is 5.17. The van der Waals surface area contributed by atoms with E-state index in [4.69, 9.17) is 4.42 Å². The molecule has 0 saturated carbocycles. The number of benzene rings is 1. The first kappa shape index (κ1) is 14.6. The first-order valence-electron chi connectivity index (χ1n) is 6.56. The Morgan fingerprint density at radius 3 is 2.81 bits per heavy atom. The highest BCUT2D eigenvalue weighted by atomic mass is 32.2. The molecule has 0 amide bonds. The van der Waals surface area contributed by atoms with E-state index in [-0.39, 0.29) is 22.0 Å². The lowest BCUT2D eigenvalue weighted by atomic mass is 10.2. The lowest BCUT2D eigenvalue weighted by Crippen LogP contribution is -2.43. The fourth-order valence-electron chi connectivity index (χ4n) is 2.58. The van der Waals surface area contributed by atoms with Crippen molar-refractivity contribution in [2.24, 2.45) is 0 Å². The number of sulfonamides is 1. The fourth-order valence-corrected chi connectivity index (χ4v) is 5.75. The Kier molecular flexibility index (Phi) is 3.54. The van der Waals surface area contributed by atoms with E-state index >= 15 is 0 Å². The molecule has 0 radical (unpaired) electrons. The molecule has 114 valence electrons. The van der Waals surface area contributed by atoms with E-state index in [0.29, 0.717) is 18.2 Å². The summed E-state index contributed by atoms with van der Waals surface area (Å²) in [7, 11) is -6.98. The molecule has 8 heteroatoms. The highest BCUT2D eigenvalue weighted by Gasteiger charge is 2.29. The van der Waals surface area contributed by atoms with Crippen molar-refractivity contribution in [2.45, 2.75) is 23.8 Å². The van der Waals surface area contributed by atoms with E-state index in [2.05, 4.69) is 4.72 Å². The second-order valence-corrected chi connectivity index (χ2v) is 9.08. The van der Waals surface area contributed by atoms with Crippen molar-refractivity contribution in [2.75, 3.05) is 11.5 Å². The van der Waals surface area contributed by atoms with Gasteiger partial charge in [0.2, 0.25) is 10.0 Å². The normalized spacial score (nSPS) is 22.4. The third-order valence-electron chi connectivity index (χ3n) is 3.52. The zero-order valence-electron chi connectivity index (χ0n) is 11.2. The molecule has 2 heterocycles.